The van der Waals surface area contributed by atoms with Crippen LogP contribution in [-0.2, 0) is 16.1 Å². The molecule has 1 saturated carbocycles. The van der Waals surface area contributed by atoms with Gasteiger partial charge in [-0.15, -0.1) is 0 Å². The molecular weight excluding hydrogens is 358 g/mol. The van der Waals surface area contributed by atoms with Crippen molar-refractivity contribution in [3.8, 4) is 0 Å². The zero-order chi connectivity index (χ0) is 19.2. The van der Waals surface area contributed by atoms with Crippen molar-refractivity contribution in [2.45, 2.75) is 68.9 Å². The molecule has 1 aromatic carbocycles. The number of thioether (sulfide) groups is 1. The van der Waals surface area contributed by atoms with Crippen LogP contribution >= 0.6 is 11.8 Å². The van der Waals surface area contributed by atoms with Crippen LogP contribution in [0.5, 0.6) is 0 Å². The van der Waals surface area contributed by atoms with Crippen molar-refractivity contribution in [1.29, 1.82) is 0 Å². The average molecular weight is 390 g/mol. The number of aromatic nitrogens is 2. The molecule has 5 nitrogen and oxygen atoms in total. The Morgan fingerprint density at radius 2 is 2.07 bits per heavy atom. The first kappa shape index (κ1) is 20.2. The van der Waals surface area contributed by atoms with Crippen LogP contribution in [0, 0.1) is 0 Å². The van der Waals surface area contributed by atoms with E-state index in [4.69, 9.17) is 9.72 Å². The highest BCUT2D eigenvalue weighted by atomic mass is 32.2. The average Bonchev–Trinajstić information content (AvgIpc) is 3.04. The topological polar surface area (TPSA) is 47.4 Å². The molecule has 1 aliphatic carbocycles. The first-order chi connectivity index (χ1) is 13.2. The van der Waals surface area contributed by atoms with Crippen LogP contribution in [0.15, 0.2) is 29.4 Å². The summed E-state index contributed by atoms with van der Waals surface area (Å²) in [5, 5.41) is 0.749. The lowest BCUT2D eigenvalue weighted by molar-refractivity contribution is -0.133. The quantitative estimate of drug-likeness (QED) is 0.630. The SMILES string of the molecule is CCN(C(=O)C(C)Sc1nc2ccccc2n1CCOC)C1CCCCC1. The Bertz CT molecular complexity index is 755. The van der Waals surface area contributed by atoms with Gasteiger partial charge in [0.1, 0.15) is 0 Å². The van der Waals surface area contributed by atoms with E-state index >= 15 is 0 Å². The van der Waals surface area contributed by atoms with E-state index in [-0.39, 0.29) is 11.2 Å². The molecule has 1 aromatic heterocycles. The van der Waals surface area contributed by atoms with Gasteiger partial charge < -0.3 is 14.2 Å². The molecule has 1 aliphatic rings. The summed E-state index contributed by atoms with van der Waals surface area (Å²) < 4.78 is 7.44. The zero-order valence-electron chi connectivity index (χ0n) is 16.7. The van der Waals surface area contributed by atoms with Gasteiger partial charge in [0.25, 0.3) is 0 Å². The largest absolute Gasteiger partial charge is 0.383 e. The number of amides is 1. The van der Waals surface area contributed by atoms with E-state index in [1.54, 1.807) is 18.9 Å². The Balaban J connectivity index is 1.77. The Hall–Kier alpha value is -1.53. The highest BCUT2D eigenvalue weighted by molar-refractivity contribution is 8.00. The maximum absolute atomic E-state index is 13.2. The number of imidazole rings is 1. The molecular formula is C21H31N3O2S. The number of fused-ring (bicyclic) bond motifs is 1. The molecule has 0 aliphatic heterocycles. The molecule has 0 saturated heterocycles. The molecule has 1 heterocycles. The normalized spacial score (nSPS) is 16.6. The predicted molar refractivity (Wildman–Crippen MR) is 111 cm³/mol. The molecule has 0 N–H and O–H groups in total. The van der Waals surface area contributed by atoms with Crippen LogP contribution in [0.4, 0.5) is 0 Å². The monoisotopic (exact) mass is 389 g/mol. The van der Waals surface area contributed by atoms with Crippen molar-refractivity contribution in [3.05, 3.63) is 24.3 Å². The Labute approximate surface area is 166 Å². The van der Waals surface area contributed by atoms with Crippen molar-refractivity contribution in [2.75, 3.05) is 20.3 Å². The molecule has 0 spiro atoms. The van der Waals surface area contributed by atoms with Crippen LogP contribution < -0.4 is 0 Å². The smallest absolute Gasteiger partial charge is 0.236 e. The molecule has 3 rings (SSSR count). The number of nitrogens with zero attached hydrogens (tertiary/aromatic N) is 3. The maximum Gasteiger partial charge on any atom is 0.236 e. The van der Waals surface area contributed by atoms with E-state index in [1.807, 2.05) is 25.1 Å². The van der Waals surface area contributed by atoms with Crippen LogP contribution in [0.1, 0.15) is 46.0 Å². The number of benzene rings is 1. The second-order valence-electron chi connectivity index (χ2n) is 7.20. The number of carbonyl (C=O) groups excluding carboxylic acids is 1. The third-order valence-corrected chi connectivity index (χ3v) is 6.49. The number of rotatable bonds is 8. The fraction of sp³-hybridized carbons (Fsp3) is 0.619. The Morgan fingerprint density at radius 1 is 1.33 bits per heavy atom. The van der Waals surface area contributed by atoms with E-state index in [0.29, 0.717) is 12.6 Å². The molecule has 0 radical (unpaired) electrons. The highest BCUT2D eigenvalue weighted by Crippen LogP contribution is 2.30. The Morgan fingerprint density at radius 3 is 2.78 bits per heavy atom. The molecule has 1 unspecified atom stereocenters. The number of ether oxygens (including phenoxy) is 1. The first-order valence-corrected chi connectivity index (χ1v) is 10.9. The van der Waals surface area contributed by atoms with Gasteiger partial charge in [-0.05, 0) is 38.8 Å². The second-order valence-corrected chi connectivity index (χ2v) is 8.51. The van der Waals surface area contributed by atoms with Gasteiger partial charge in [0.15, 0.2) is 5.16 Å². The van der Waals surface area contributed by atoms with Gasteiger partial charge in [0, 0.05) is 26.2 Å². The summed E-state index contributed by atoms with van der Waals surface area (Å²) in [5.74, 6) is 0.236. The molecule has 2 aromatic rings. The summed E-state index contributed by atoms with van der Waals surface area (Å²) in [7, 11) is 1.71. The predicted octanol–water partition coefficient (Wildman–Crippen LogP) is 4.34. The summed E-state index contributed by atoms with van der Waals surface area (Å²) in [4.78, 5) is 20.0. The zero-order valence-corrected chi connectivity index (χ0v) is 17.5. The number of carbonyl (C=O) groups is 1. The number of para-hydroxylation sites is 2. The third kappa shape index (κ3) is 4.66. The van der Waals surface area contributed by atoms with Gasteiger partial charge >= 0.3 is 0 Å². The van der Waals surface area contributed by atoms with Gasteiger partial charge in [0.05, 0.1) is 22.9 Å². The summed E-state index contributed by atoms with van der Waals surface area (Å²) in [5.41, 5.74) is 2.06. The van der Waals surface area contributed by atoms with E-state index in [2.05, 4.69) is 22.5 Å². The van der Waals surface area contributed by atoms with Crippen molar-refractivity contribution in [2.24, 2.45) is 0 Å². The summed E-state index contributed by atoms with van der Waals surface area (Å²) in [6, 6.07) is 8.54. The van der Waals surface area contributed by atoms with Crippen LogP contribution in [-0.4, -0.2) is 51.9 Å². The maximum atomic E-state index is 13.2. The van der Waals surface area contributed by atoms with Gasteiger partial charge in [0.2, 0.25) is 5.91 Å². The van der Waals surface area contributed by atoms with E-state index < -0.39 is 0 Å². The van der Waals surface area contributed by atoms with Crippen molar-refractivity contribution < 1.29 is 9.53 Å². The van der Waals surface area contributed by atoms with Crippen molar-refractivity contribution >= 4 is 28.7 Å². The molecule has 0 bridgehead atoms. The summed E-state index contributed by atoms with van der Waals surface area (Å²) in [6.07, 6.45) is 6.06. The fourth-order valence-electron chi connectivity index (χ4n) is 3.97. The molecule has 6 heteroatoms. The lowest BCUT2D eigenvalue weighted by Gasteiger charge is -2.35. The van der Waals surface area contributed by atoms with Crippen LogP contribution in [0.3, 0.4) is 0 Å². The van der Waals surface area contributed by atoms with Crippen molar-refractivity contribution in [1.82, 2.24) is 14.5 Å². The van der Waals surface area contributed by atoms with Gasteiger partial charge in [-0.1, -0.05) is 43.2 Å². The molecule has 1 amide bonds. The number of hydrogen-bond donors (Lipinski definition) is 0. The van der Waals surface area contributed by atoms with Crippen LogP contribution in [0.2, 0.25) is 0 Å². The lowest BCUT2D eigenvalue weighted by Crippen LogP contribution is -2.44. The summed E-state index contributed by atoms with van der Waals surface area (Å²) >= 11 is 1.57. The van der Waals surface area contributed by atoms with Crippen LogP contribution in [0.25, 0.3) is 11.0 Å². The minimum absolute atomic E-state index is 0.148. The van der Waals surface area contributed by atoms with Gasteiger partial charge in [-0.2, -0.15) is 0 Å². The fourth-order valence-corrected chi connectivity index (χ4v) is 4.99. The molecule has 1 fully saturated rings. The van der Waals surface area contributed by atoms with Crippen molar-refractivity contribution in [3.63, 3.8) is 0 Å². The standard InChI is InChI=1S/C21H31N3O2S/c1-4-23(17-10-6-5-7-11-17)20(25)16(2)27-21-22-18-12-8-9-13-19(18)24(21)14-15-26-3/h8-9,12-13,16-17H,4-7,10-11,14-15H2,1-3H3. The number of hydrogen-bond acceptors (Lipinski definition) is 4. The highest BCUT2D eigenvalue weighted by Gasteiger charge is 2.29. The van der Waals surface area contributed by atoms with E-state index in [9.17, 15) is 4.79 Å². The molecule has 1 atom stereocenters. The van der Waals surface area contributed by atoms with E-state index in [0.717, 1.165) is 42.1 Å². The molecule has 27 heavy (non-hydrogen) atoms. The van der Waals surface area contributed by atoms with Gasteiger partial charge in [-0.25, -0.2) is 4.98 Å². The molecule has 148 valence electrons. The summed E-state index contributed by atoms with van der Waals surface area (Å²) in [6.45, 7) is 6.25. The first-order valence-electron chi connectivity index (χ1n) is 10.1. The number of methoxy groups -OCH3 is 1. The van der Waals surface area contributed by atoms with Gasteiger partial charge in [-0.3, -0.25) is 4.79 Å². The third-order valence-electron chi connectivity index (χ3n) is 5.41. The second kappa shape index (κ2) is 9.60. The van der Waals surface area contributed by atoms with E-state index in [1.165, 1.54) is 19.3 Å². The lowest BCUT2D eigenvalue weighted by atomic mass is 9.94. The minimum atomic E-state index is -0.148. The Kier molecular flexibility index (Phi) is 7.19. The minimum Gasteiger partial charge on any atom is -0.383 e.